The Labute approximate surface area is 148 Å². The van der Waals surface area contributed by atoms with Crippen molar-refractivity contribution >= 4 is 55.2 Å². The zero-order valence-electron chi connectivity index (χ0n) is 13.0. The van der Waals surface area contributed by atoms with E-state index in [0.29, 0.717) is 10.8 Å². The number of aromatic nitrogens is 1. The van der Waals surface area contributed by atoms with Crippen molar-refractivity contribution in [2.24, 2.45) is 5.73 Å². The minimum Gasteiger partial charge on any atom is -0.397 e. The normalized spacial score (nSPS) is 12.7. The van der Waals surface area contributed by atoms with Crippen LogP contribution in [0.25, 0.3) is 10.2 Å². The number of thiophene rings is 2. The summed E-state index contributed by atoms with van der Waals surface area (Å²) in [4.78, 5) is 8.07. The average Bonchev–Trinajstić information content (AvgIpc) is 3.07. The zero-order chi connectivity index (χ0) is 16.6. The molecular formula is C16H19ClN4S2. The largest absolute Gasteiger partial charge is 0.397 e. The van der Waals surface area contributed by atoms with Crippen LogP contribution in [-0.4, -0.2) is 17.6 Å². The first-order chi connectivity index (χ1) is 11.0. The fourth-order valence-corrected chi connectivity index (χ4v) is 4.72. The summed E-state index contributed by atoms with van der Waals surface area (Å²) in [5, 5.41) is 3.68. The summed E-state index contributed by atoms with van der Waals surface area (Å²) < 4.78 is 0.989. The molecule has 1 unspecified atom stereocenters. The molecule has 0 aliphatic heterocycles. The van der Waals surface area contributed by atoms with E-state index < -0.39 is 0 Å². The van der Waals surface area contributed by atoms with Crippen LogP contribution in [0.2, 0.25) is 5.15 Å². The molecule has 4 N–H and O–H groups in total. The van der Waals surface area contributed by atoms with E-state index in [0.717, 1.165) is 33.9 Å². The Morgan fingerprint density at radius 3 is 2.87 bits per heavy atom. The molecule has 0 saturated heterocycles. The highest BCUT2D eigenvalue weighted by Crippen LogP contribution is 2.41. The number of nitrogens with two attached hydrogens (primary N) is 2. The smallest absolute Gasteiger partial charge is 0.131 e. The van der Waals surface area contributed by atoms with E-state index in [1.54, 1.807) is 28.7 Å². The molecule has 122 valence electrons. The predicted molar refractivity (Wildman–Crippen MR) is 103 cm³/mol. The second-order valence-corrected chi connectivity index (χ2v) is 8.10. The number of rotatable bonds is 5. The summed E-state index contributed by atoms with van der Waals surface area (Å²) in [6.07, 6.45) is 0. The number of fused-ring (bicyclic) bond motifs is 1. The Bertz CT molecular complexity index is 811. The Morgan fingerprint density at radius 1 is 1.43 bits per heavy atom. The number of hydrogen-bond donors (Lipinski definition) is 2. The molecule has 0 radical (unpaired) electrons. The molecule has 0 saturated carbocycles. The van der Waals surface area contributed by atoms with E-state index in [4.69, 9.17) is 23.1 Å². The van der Waals surface area contributed by atoms with Gasteiger partial charge in [0, 0.05) is 23.0 Å². The lowest BCUT2D eigenvalue weighted by Gasteiger charge is -2.25. The molecule has 7 heteroatoms. The minimum absolute atomic E-state index is 0.0773. The maximum absolute atomic E-state index is 6.12. The third-order valence-corrected chi connectivity index (χ3v) is 6.01. The first-order valence-corrected chi connectivity index (χ1v) is 9.41. The van der Waals surface area contributed by atoms with Gasteiger partial charge in [-0.1, -0.05) is 17.7 Å². The van der Waals surface area contributed by atoms with Crippen LogP contribution < -0.4 is 16.4 Å². The highest BCUT2D eigenvalue weighted by Gasteiger charge is 2.19. The maximum Gasteiger partial charge on any atom is 0.131 e. The lowest BCUT2D eigenvalue weighted by atomic mass is 10.2. The number of hydrogen-bond acceptors (Lipinski definition) is 6. The predicted octanol–water partition coefficient (Wildman–Crippen LogP) is 4.26. The molecule has 3 rings (SSSR count). The van der Waals surface area contributed by atoms with Crippen LogP contribution in [0.4, 0.5) is 10.7 Å². The van der Waals surface area contributed by atoms with Crippen LogP contribution in [0.1, 0.15) is 17.4 Å². The molecule has 0 amide bonds. The number of aryl methyl sites for hydroxylation is 1. The molecule has 0 fully saturated rings. The first kappa shape index (κ1) is 16.5. The van der Waals surface area contributed by atoms with Gasteiger partial charge in [0.05, 0.1) is 27.4 Å². The van der Waals surface area contributed by atoms with Gasteiger partial charge in [-0.15, -0.1) is 22.7 Å². The molecule has 0 aliphatic rings. The van der Waals surface area contributed by atoms with Crippen LogP contribution in [-0.2, 0) is 6.54 Å². The lowest BCUT2D eigenvalue weighted by molar-refractivity contribution is 0.682. The summed E-state index contributed by atoms with van der Waals surface area (Å²) in [5.41, 5.74) is 14.9. The van der Waals surface area contributed by atoms with Gasteiger partial charge in [-0.2, -0.15) is 0 Å². The number of pyridine rings is 1. The third kappa shape index (κ3) is 3.45. The lowest BCUT2D eigenvalue weighted by Crippen LogP contribution is -2.35. The van der Waals surface area contributed by atoms with Gasteiger partial charge in [0.15, 0.2) is 0 Å². The Balaban J connectivity index is 2.06. The highest BCUT2D eigenvalue weighted by molar-refractivity contribution is 7.23. The Morgan fingerprint density at radius 2 is 2.22 bits per heavy atom. The van der Waals surface area contributed by atoms with Gasteiger partial charge in [-0.05, 0) is 31.4 Å². The standard InChI is InChI=1S/C16H19ClN4S2/c1-9(18)7-21(8-11-4-3-5-22-11)16-10(2)14-15(23-16)12(19)6-13(17)20-14/h3-6,9H,7-8,18H2,1-2H3,(H2,19,20). The molecule has 23 heavy (non-hydrogen) atoms. The van der Waals surface area contributed by atoms with Gasteiger partial charge in [0.25, 0.3) is 0 Å². The molecular weight excluding hydrogens is 348 g/mol. The van der Waals surface area contributed by atoms with Crippen molar-refractivity contribution in [3.63, 3.8) is 0 Å². The zero-order valence-corrected chi connectivity index (χ0v) is 15.4. The van der Waals surface area contributed by atoms with Crippen molar-refractivity contribution in [1.82, 2.24) is 4.98 Å². The second kappa shape index (κ2) is 6.65. The van der Waals surface area contributed by atoms with Gasteiger partial charge in [-0.25, -0.2) is 4.98 Å². The van der Waals surface area contributed by atoms with Crippen LogP contribution >= 0.6 is 34.3 Å². The minimum atomic E-state index is 0.0773. The molecule has 4 nitrogen and oxygen atoms in total. The second-order valence-electron chi connectivity index (χ2n) is 5.68. The van der Waals surface area contributed by atoms with Crippen LogP contribution in [0.5, 0.6) is 0 Å². The van der Waals surface area contributed by atoms with Gasteiger partial charge in [0.1, 0.15) is 5.15 Å². The number of nitrogens with zero attached hydrogens (tertiary/aromatic N) is 2. The van der Waals surface area contributed by atoms with Crippen molar-refractivity contribution in [2.75, 3.05) is 17.2 Å². The number of anilines is 2. The summed E-state index contributed by atoms with van der Waals surface area (Å²) >= 11 is 9.48. The fraction of sp³-hybridized carbons (Fsp3) is 0.312. The van der Waals surface area contributed by atoms with Crippen molar-refractivity contribution in [3.05, 3.63) is 39.2 Å². The van der Waals surface area contributed by atoms with E-state index in [1.165, 1.54) is 4.88 Å². The van der Waals surface area contributed by atoms with Crippen molar-refractivity contribution in [1.29, 1.82) is 0 Å². The SMILES string of the molecule is Cc1c(N(Cc2cccs2)CC(C)N)sc2c(N)cc(Cl)nc12. The third-order valence-electron chi connectivity index (χ3n) is 3.57. The number of nitrogen functional groups attached to an aromatic ring is 1. The van der Waals surface area contributed by atoms with E-state index in [-0.39, 0.29) is 6.04 Å². The van der Waals surface area contributed by atoms with Gasteiger partial charge in [0.2, 0.25) is 0 Å². The van der Waals surface area contributed by atoms with E-state index in [2.05, 4.69) is 34.3 Å². The summed E-state index contributed by atoms with van der Waals surface area (Å²) in [5.74, 6) is 0. The van der Waals surface area contributed by atoms with Crippen LogP contribution in [0, 0.1) is 6.92 Å². The van der Waals surface area contributed by atoms with Gasteiger partial charge < -0.3 is 16.4 Å². The van der Waals surface area contributed by atoms with E-state index in [9.17, 15) is 0 Å². The number of halogens is 1. The quantitative estimate of drug-likeness (QED) is 0.662. The van der Waals surface area contributed by atoms with Crippen molar-refractivity contribution in [2.45, 2.75) is 26.4 Å². The van der Waals surface area contributed by atoms with Crippen LogP contribution in [0.15, 0.2) is 23.6 Å². The maximum atomic E-state index is 6.12. The Hall–Kier alpha value is -1.34. The molecule has 3 aromatic rings. The molecule has 0 aliphatic carbocycles. The van der Waals surface area contributed by atoms with E-state index in [1.807, 2.05) is 6.92 Å². The fourth-order valence-electron chi connectivity index (χ4n) is 2.62. The summed E-state index contributed by atoms with van der Waals surface area (Å²) in [6, 6.07) is 6.00. The van der Waals surface area contributed by atoms with Gasteiger partial charge >= 0.3 is 0 Å². The Kier molecular flexibility index (Phi) is 4.77. The molecule has 1 atom stereocenters. The average molecular weight is 367 g/mol. The summed E-state index contributed by atoms with van der Waals surface area (Å²) in [7, 11) is 0. The topological polar surface area (TPSA) is 68.2 Å². The first-order valence-electron chi connectivity index (χ1n) is 7.33. The van der Waals surface area contributed by atoms with Crippen molar-refractivity contribution in [3.8, 4) is 0 Å². The molecule has 3 heterocycles. The highest BCUT2D eigenvalue weighted by atomic mass is 35.5. The van der Waals surface area contributed by atoms with Crippen molar-refractivity contribution < 1.29 is 0 Å². The molecule has 0 aromatic carbocycles. The van der Waals surface area contributed by atoms with Gasteiger partial charge in [-0.3, -0.25) is 0 Å². The van der Waals surface area contributed by atoms with E-state index >= 15 is 0 Å². The molecule has 3 aromatic heterocycles. The summed E-state index contributed by atoms with van der Waals surface area (Å²) in [6.45, 7) is 5.70. The molecule has 0 spiro atoms. The van der Waals surface area contributed by atoms with Crippen LogP contribution in [0.3, 0.4) is 0 Å². The monoisotopic (exact) mass is 366 g/mol. The molecule has 0 bridgehead atoms.